The summed E-state index contributed by atoms with van der Waals surface area (Å²) in [4.78, 5) is 19.7. The normalized spacial score (nSPS) is 12.6. The van der Waals surface area contributed by atoms with Crippen molar-refractivity contribution in [3.05, 3.63) is 4.91 Å². The van der Waals surface area contributed by atoms with Crippen LogP contribution in [0.5, 0.6) is 0 Å². The van der Waals surface area contributed by atoms with Crippen LogP contribution >= 0.6 is 0 Å². The highest BCUT2D eigenvalue weighted by molar-refractivity contribution is 5.79. The average Bonchev–Trinajstić information content (AvgIpc) is 1.69. The Bertz CT molecular complexity index is 102. The fraction of sp³-hybridized carbons (Fsp3) is 0.750. The summed E-state index contributed by atoms with van der Waals surface area (Å²) in [5, 5.41) is 2.48. The van der Waals surface area contributed by atoms with Crippen LogP contribution in [0.15, 0.2) is 5.18 Å². The second kappa shape index (κ2) is 3.12. The standard InChI is InChI=1S/C4H8N2O2/c1-2-3(6-8)4(5)7/h3H,2H2,1H3,(H2,5,7). The summed E-state index contributed by atoms with van der Waals surface area (Å²) >= 11 is 0. The molecular formula is C4H8N2O2. The number of primary amides is 1. The number of nitrogens with two attached hydrogens (primary N) is 1. The largest absolute Gasteiger partial charge is 0.368 e. The smallest absolute Gasteiger partial charge is 0.245 e. The zero-order chi connectivity index (χ0) is 6.57. The van der Waals surface area contributed by atoms with Crippen molar-refractivity contribution in [2.45, 2.75) is 19.4 Å². The molecule has 0 heterocycles. The number of hydrogen-bond acceptors (Lipinski definition) is 3. The van der Waals surface area contributed by atoms with E-state index in [0.717, 1.165) is 0 Å². The minimum absolute atomic E-state index is 0.388. The first-order valence-electron chi connectivity index (χ1n) is 2.34. The van der Waals surface area contributed by atoms with Gasteiger partial charge in [0.15, 0.2) is 6.04 Å². The summed E-state index contributed by atoms with van der Waals surface area (Å²) in [6, 6.07) is -0.838. The van der Waals surface area contributed by atoms with Gasteiger partial charge in [-0.25, -0.2) is 0 Å². The van der Waals surface area contributed by atoms with Crippen molar-refractivity contribution in [2.75, 3.05) is 0 Å². The van der Waals surface area contributed by atoms with Crippen molar-refractivity contribution in [3.8, 4) is 0 Å². The van der Waals surface area contributed by atoms with E-state index in [4.69, 9.17) is 5.73 Å². The monoisotopic (exact) mass is 116 g/mol. The Morgan fingerprint density at radius 1 is 1.88 bits per heavy atom. The Balaban J connectivity index is 3.69. The highest BCUT2D eigenvalue weighted by atomic mass is 16.3. The number of carbonyl (C=O) groups excluding carboxylic acids is 1. The number of nitrogens with zero attached hydrogens (tertiary/aromatic N) is 1. The molecular weight excluding hydrogens is 108 g/mol. The van der Waals surface area contributed by atoms with Crippen LogP contribution < -0.4 is 5.73 Å². The van der Waals surface area contributed by atoms with Crippen molar-refractivity contribution >= 4 is 5.91 Å². The summed E-state index contributed by atoms with van der Waals surface area (Å²) in [7, 11) is 0. The lowest BCUT2D eigenvalue weighted by molar-refractivity contribution is -0.119. The van der Waals surface area contributed by atoms with Crippen LogP contribution in [0.1, 0.15) is 13.3 Å². The molecule has 0 aromatic rings. The highest BCUT2D eigenvalue weighted by Crippen LogP contribution is 1.92. The molecule has 0 aromatic carbocycles. The van der Waals surface area contributed by atoms with E-state index in [1.54, 1.807) is 6.92 Å². The van der Waals surface area contributed by atoms with Crippen molar-refractivity contribution in [1.82, 2.24) is 0 Å². The molecule has 8 heavy (non-hydrogen) atoms. The topological polar surface area (TPSA) is 72.5 Å². The van der Waals surface area contributed by atoms with Crippen LogP contribution in [0.3, 0.4) is 0 Å². The molecule has 0 spiro atoms. The Kier molecular flexibility index (Phi) is 2.76. The highest BCUT2D eigenvalue weighted by Gasteiger charge is 2.10. The molecule has 0 aliphatic rings. The fourth-order valence-electron chi connectivity index (χ4n) is 0.328. The summed E-state index contributed by atoms with van der Waals surface area (Å²) in [5.41, 5.74) is 4.73. The Morgan fingerprint density at radius 2 is 2.38 bits per heavy atom. The van der Waals surface area contributed by atoms with Gasteiger partial charge in [-0.3, -0.25) is 4.79 Å². The lowest BCUT2D eigenvalue weighted by atomic mass is 10.2. The van der Waals surface area contributed by atoms with Gasteiger partial charge in [0.05, 0.1) is 0 Å². The molecule has 4 nitrogen and oxygen atoms in total. The molecule has 0 rings (SSSR count). The van der Waals surface area contributed by atoms with Gasteiger partial charge in [0.25, 0.3) is 0 Å². The van der Waals surface area contributed by atoms with Gasteiger partial charge in [-0.15, -0.1) is 4.91 Å². The van der Waals surface area contributed by atoms with Crippen LogP contribution in [-0.4, -0.2) is 11.9 Å². The Labute approximate surface area is 47.0 Å². The number of amides is 1. The second-order valence-corrected chi connectivity index (χ2v) is 1.43. The maximum atomic E-state index is 10.1. The number of nitroso groups, excluding NO2 is 1. The maximum Gasteiger partial charge on any atom is 0.245 e. The molecule has 0 radical (unpaired) electrons. The Hall–Kier alpha value is -0.930. The van der Waals surface area contributed by atoms with Crippen molar-refractivity contribution in [3.63, 3.8) is 0 Å². The first-order valence-corrected chi connectivity index (χ1v) is 2.34. The first-order chi connectivity index (χ1) is 3.72. The molecule has 1 atom stereocenters. The fourth-order valence-corrected chi connectivity index (χ4v) is 0.328. The van der Waals surface area contributed by atoms with Crippen LogP contribution in [0, 0.1) is 4.91 Å². The lowest BCUT2D eigenvalue weighted by Crippen LogP contribution is -2.25. The minimum Gasteiger partial charge on any atom is -0.368 e. The SMILES string of the molecule is CCC(N=O)C(N)=O. The van der Waals surface area contributed by atoms with E-state index in [2.05, 4.69) is 5.18 Å². The summed E-state index contributed by atoms with van der Waals surface area (Å²) < 4.78 is 0. The van der Waals surface area contributed by atoms with E-state index in [1.165, 1.54) is 0 Å². The molecule has 0 bridgehead atoms. The van der Waals surface area contributed by atoms with Gasteiger partial charge in [-0.1, -0.05) is 12.1 Å². The van der Waals surface area contributed by atoms with Gasteiger partial charge >= 0.3 is 0 Å². The van der Waals surface area contributed by atoms with Crippen LogP contribution in [0.2, 0.25) is 0 Å². The van der Waals surface area contributed by atoms with Gasteiger partial charge in [0, 0.05) is 0 Å². The average molecular weight is 116 g/mol. The number of rotatable bonds is 3. The first kappa shape index (κ1) is 7.07. The molecule has 0 saturated heterocycles. The van der Waals surface area contributed by atoms with Crippen LogP contribution in [-0.2, 0) is 4.79 Å². The molecule has 0 aromatic heterocycles. The van der Waals surface area contributed by atoms with E-state index in [9.17, 15) is 9.70 Å². The van der Waals surface area contributed by atoms with Gasteiger partial charge in [-0.2, -0.15) is 0 Å². The predicted octanol–water partition coefficient (Wildman–Crippen LogP) is 0.0167. The minimum atomic E-state index is -0.838. The van der Waals surface area contributed by atoms with Gasteiger partial charge in [-0.05, 0) is 6.42 Å². The maximum absolute atomic E-state index is 10.1. The molecule has 1 amide bonds. The quantitative estimate of drug-likeness (QED) is 0.528. The zero-order valence-corrected chi connectivity index (χ0v) is 4.63. The summed E-state index contributed by atoms with van der Waals surface area (Å²) in [6.07, 6.45) is 0.388. The Morgan fingerprint density at radius 3 is 2.38 bits per heavy atom. The third-order valence-electron chi connectivity index (χ3n) is 0.842. The lowest BCUT2D eigenvalue weighted by Gasteiger charge is -1.95. The molecule has 0 aliphatic heterocycles. The zero-order valence-electron chi connectivity index (χ0n) is 4.63. The molecule has 1 unspecified atom stereocenters. The van der Waals surface area contributed by atoms with Crippen LogP contribution in [0.4, 0.5) is 0 Å². The van der Waals surface area contributed by atoms with Crippen molar-refractivity contribution in [2.24, 2.45) is 10.9 Å². The molecule has 46 valence electrons. The second-order valence-electron chi connectivity index (χ2n) is 1.43. The third kappa shape index (κ3) is 1.68. The van der Waals surface area contributed by atoms with E-state index in [0.29, 0.717) is 6.42 Å². The van der Waals surface area contributed by atoms with Gasteiger partial charge in [0.2, 0.25) is 5.91 Å². The van der Waals surface area contributed by atoms with Crippen molar-refractivity contribution in [1.29, 1.82) is 0 Å². The third-order valence-corrected chi connectivity index (χ3v) is 0.842. The van der Waals surface area contributed by atoms with Gasteiger partial charge < -0.3 is 5.73 Å². The molecule has 4 heteroatoms. The van der Waals surface area contributed by atoms with E-state index < -0.39 is 11.9 Å². The summed E-state index contributed by atoms with van der Waals surface area (Å²) in [5.74, 6) is -0.650. The van der Waals surface area contributed by atoms with E-state index in [1.807, 2.05) is 0 Å². The predicted molar refractivity (Wildman–Crippen MR) is 29.1 cm³/mol. The van der Waals surface area contributed by atoms with Crippen LogP contribution in [0.25, 0.3) is 0 Å². The molecule has 0 saturated carbocycles. The number of hydrogen-bond donors (Lipinski definition) is 1. The molecule has 0 aliphatic carbocycles. The van der Waals surface area contributed by atoms with Gasteiger partial charge in [0.1, 0.15) is 0 Å². The number of carbonyl (C=O) groups is 1. The van der Waals surface area contributed by atoms with Crippen molar-refractivity contribution < 1.29 is 4.79 Å². The summed E-state index contributed by atoms with van der Waals surface area (Å²) in [6.45, 7) is 1.68. The van der Waals surface area contributed by atoms with E-state index in [-0.39, 0.29) is 0 Å². The molecule has 2 N–H and O–H groups in total. The molecule has 0 fully saturated rings. The van der Waals surface area contributed by atoms with E-state index >= 15 is 0 Å².